The highest BCUT2D eigenvalue weighted by Crippen LogP contribution is 2.37. The summed E-state index contributed by atoms with van der Waals surface area (Å²) >= 11 is 0. The summed E-state index contributed by atoms with van der Waals surface area (Å²) in [6.07, 6.45) is 4.48. The summed E-state index contributed by atoms with van der Waals surface area (Å²) < 4.78 is 24.9. The fourth-order valence-corrected chi connectivity index (χ4v) is 4.17. The number of hydrogen-bond donors (Lipinski definition) is 0. The second-order valence-corrected chi connectivity index (χ2v) is 9.40. The maximum atomic E-state index is 11.8. The van der Waals surface area contributed by atoms with Gasteiger partial charge in [0.15, 0.2) is 9.84 Å². The zero-order valence-electron chi connectivity index (χ0n) is 17.0. The summed E-state index contributed by atoms with van der Waals surface area (Å²) in [4.78, 5) is 27.4. The predicted octanol–water partition coefficient (Wildman–Crippen LogP) is 3.52. The third kappa shape index (κ3) is 4.71. The van der Waals surface area contributed by atoms with E-state index in [0.29, 0.717) is 12.0 Å². The van der Waals surface area contributed by atoms with E-state index in [1.807, 2.05) is 31.2 Å². The first kappa shape index (κ1) is 21.6. The van der Waals surface area contributed by atoms with Crippen LogP contribution in [0, 0.1) is 11.8 Å². The minimum atomic E-state index is -3.31. The largest absolute Gasteiger partial charge is 0.347 e. The van der Waals surface area contributed by atoms with Crippen LogP contribution in [0.2, 0.25) is 0 Å². The van der Waals surface area contributed by atoms with Crippen molar-refractivity contribution in [3.8, 4) is 0 Å². The molecule has 0 amide bonds. The van der Waals surface area contributed by atoms with Crippen LogP contribution >= 0.6 is 0 Å². The molecule has 0 bridgehead atoms. The zero-order chi connectivity index (χ0) is 21.9. The zero-order valence-corrected chi connectivity index (χ0v) is 17.8. The van der Waals surface area contributed by atoms with Gasteiger partial charge in [0.1, 0.15) is 6.04 Å². The van der Waals surface area contributed by atoms with E-state index >= 15 is 0 Å². The summed E-state index contributed by atoms with van der Waals surface area (Å²) in [5.41, 5.74) is 3.10. The van der Waals surface area contributed by atoms with E-state index in [1.54, 1.807) is 37.5 Å². The lowest BCUT2D eigenvalue weighted by Gasteiger charge is -2.23. The lowest BCUT2D eigenvalue weighted by Crippen LogP contribution is -2.20. The van der Waals surface area contributed by atoms with Crippen LogP contribution in [0.4, 0.5) is 0 Å². The molecule has 0 saturated heterocycles. The van der Waals surface area contributed by atoms with E-state index in [-0.39, 0.29) is 10.8 Å². The van der Waals surface area contributed by atoms with Crippen molar-refractivity contribution in [3.63, 3.8) is 0 Å². The maximum absolute atomic E-state index is 11.8. The Morgan fingerprint density at radius 2 is 1.73 bits per heavy atom. The summed E-state index contributed by atoms with van der Waals surface area (Å²) in [6, 6.07) is 13.8. The Morgan fingerprint density at radius 1 is 1.07 bits per heavy atom. The fourth-order valence-electron chi connectivity index (χ4n) is 3.54. The number of benzene rings is 2. The highest BCUT2D eigenvalue weighted by molar-refractivity contribution is 7.90. The molecule has 3 rings (SSSR count). The molecule has 0 aliphatic rings. The van der Waals surface area contributed by atoms with Crippen molar-refractivity contribution in [1.29, 1.82) is 0 Å². The molecular formula is C22H23N3O4S. The molecule has 2 atom stereocenters. The van der Waals surface area contributed by atoms with Crippen molar-refractivity contribution < 1.29 is 8.42 Å². The number of sulfone groups is 1. The van der Waals surface area contributed by atoms with Gasteiger partial charge in [-0.15, -0.1) is 0 Å². The molecule has 0 aliphatic carbocycles. The number of hydrogen-bond acceptors (Lipinski definition) is 6. The topological polar surface area (TPSA) is 98.5 Å². The third-order valence-electron chi connectivity index (χ3n) is 5.21. The first-order chi connectivity index (χ1) is 14.2. The molecule has 0 aliphatic heterocycles. The van der Waals surface area contributed by atoms with Crippen LogP contribution in [0.3, 0.4) is 0 Å². The Balaban J connectivity index is 2.05. The van der Waals surface area contributed by atoms with Crippen molar-refractivity contribution >= 4 is 9.84 Å². The average Bonchev–Trinajstić information content (AvgIpc) is 2.71. The van der Waals surface area contributed by atoms with Crippen LogP contribution in [-0.4, -0.2) is 24.2 Å². The molecule has 0 saturated carbocycles. The minimum absolute atomic E-state index is 0.195. The molecule has 0 N–H and O–H groups in total. The first-order valence-corrected chi connectivity index (χ1v) is 11.3. The highest BCUT2D eigenvalue weighted by atomic mass is 32.2. The monoisotopic (exact) mass is 425 g/mol. The van der Waals surface area contributed by atoms with Crippen LogP contribution in [0.5, 0.6) is 0 Å². The molecule has 156 valence electrons. The Labute approximate surface area is 175 Å². The average molecular weight is 426 g/mol. The molecule has 1 heterocycles. The highest BCUT2D eigenvalue weighted by Gasteiger charge is 2.24. The third-order valence-corrected chi connectivity index (χ3v) is 6.34. The summed E-state index contributed by atoms with van der Waals surface area (Å²) in [5, 5.41) is 3.31. The van der Waals surface area contributed by atoms with E-state index in [9.17, 15) is 18.1 Å². The van der Waals surface area contributed by atoms with Crippen LogP contribution in [0.25, 0.3) is 0 Å². The van der Waals surface area contributed by atoms with Gasteiger partial charge in [-0.2, -0.15) is 4.91 Å². The number of rotatable bonds is 7. The molecule has 2 aromatic carbocycles. The minimum Gasteiger partial charge on any atom is -0.302 e. The summed E-state index contributed by atoms with van der Waals surface area (Å²) in [7, 11) is -1.73. The van der Waals surface area contributed by atoms with Gasteiger partial charge in [0.25, 0.3) is 0 Å². The molecular weight excluding hydrogens is 402 g/mol. The second-order valence-electron chi connectivity index (χ2n) is 7.39. The lowest BCUT2D eigenvalue weighted by atomic mass is 9.83. The van der Waals surface area contributed by atoms with Crippen molar-refractivity contribution in [1.82, 2.24) is 9.55 Å². The Kier molecular flexibility index (Phi) is 6.26. The number of nitrogens with zero attached hydrogens (tertiary/aromatic N) is 3. The normalized spacial score (nSPS) is 13.6. The second kappa shape index (κ2) is 8.71. The molecule has 30 heavy (non-hydrogen) atoms. The smallest absolute Gasteiger partial charge is 0.302 e. The Morgan fingerprint density at radius 3 is 2.30 bits per heavy atom. The van der Waals surface area contributed by atoms with Crippen LogP contribution < -0.4 is 5.69 Å². The van der Waals surface area contributed by atoms with E-state index in [1.165, 1.54) is 17.0 Å². The van der Waals surface area contributed by atoms with E-state index in [4.69, 9.17) is 0 Å². The number of nitroso groups, excluding NO2 is 1. The van der Waals surface area contributed by atoms with Crippen molar-refractivity contribution in [2.75, 3.05) is 6.26 Å². The Bertz CT molecular complexity index is 1220. The van der Waals surface area contributed by atoms with Gasteiger partial charge in [-0.3, -0.25) is 0 Å². The summed E-state index contributed by atoms with van der Waals surface area (Å²) in [6.45, 7) is 1.99. The fraction of sp³-hybridized carbons (Fsp3) is 0.273. The van der Waals surface area contributed by atoms with Crippen LogP contribution in [-0.2, 0) is 16.9 Å². The molecule has 1 aromatic heterocycles. The van der Waals surface area contributed by atoms with Crippen LogP contribution in [0.15, 0.2) is 75.8 Å². The van der Waals surface area contributed by atoms with Gasteiger partial charge in [-0.1, -0.05) is 41.6 Å². The molecule has 0 spiro atoms. The van der Waals surface area contributed by atoms with E-state index in [0.717, 1.165) is 16.7 Å². The molecule has 7 nitrogen and oxygen atoms in total. The Hall–Kier alpha value is -3.13. The molecule has 3 aromatic rings. The van der Waals surface area contributed by atoms with E-state index in [2.05, 4.69) is 10.2 Å². The van der Waals surface area contributed by atoms with Gasteiger partial charge in [-0.05, 0) is 42.2 Å². The molecule has 0 fully saturated rings. The van der Waals surface area contributed by atoms with Gasteiger partial charge < -0.3 is 4.57 Å². The van der Waals surface area contributed by atoms with Gasteiger partial charge in [0.2, 0.25) is 0 Å². The van der Waals surface area contributed by atoms with Gasteiger partial charge in [-0.25, -0.2) is 18.2 Å². The predicted molar refractivity (Wildman–Crippen MR) is 115 cm³/mol. The van der Waals surface area contributed by atoms with E-state index < -0.39 is 21.6 Å². The van der Waals surface area contributed by atoms with Gasteiger partial charge in [0.05, 0.1) is 4.90 Å². The standard InChI is InChI=1S/C22H23N3O4S/c1-15-6-4-5-7-19(15)20(16-8-10-18(11-9-16)30(3,28)29)12-21(24-27)17-13-23-22(26)25(2)14-17/h4-11,13-14,20-21H,12H2,1-3H3. The SMILES string of the molecule is Cc1ccccc1C(CC(N=O)c1cnc(=O)n(C)c1)c1ccc(S(C)(=O)=O)cc1. The molecule has 0 radical (unpaired) electrons. The lowest BCUT2D eigenvalue weighted by molar-refractivity contribution is 0.582. The van der Waals surface area contributed by atoms with Crippen molar-refractivity contribution in [2.24, 2.45) is 12.2 Å². The summed E-state index contributed by atoms with van der Waals surface area (Å²) in [5.74, 6) is -0.195. The van der Waals surface area contributed by atoms with Gasteiger partial charge >= 0.3 is 5.69 Å². The maximum Gasteiger partial charge on any atom is 0.347 e. The van der Waals surface area contributed by atoms with Crippen LogP contribution in [0.1, 0.15) is 40.6 Å². The number of aryl methyl sites for hydroxylation is 2. The van der Waals surface area contributed by atoms with Crippen molar-refractivity contribution in [2.45, 2.75) is 30.2 Å². The quantitative estimate of drug-likeness (QED) is 0.539. The molecule has 2 unspecified atom stereocenters. The van der Waals surface area contributed by atoms with Crippen molar-refractivity contribution in [3.05, 3.63) is 98.6 Å². The van der Waals surface area contributed by atoms with Gasteiger partial charge in [0, 0.05) is 37.2 Å². The molecule has 8 heteroatoms. The number of aromatic nitrogens is 2. The first-order valence-electron chi connectivity index (χ1n) is 9.41.